The van der Waals surface area contributed by atoms with Gasteiger partial charge in [0.2, 0.25) is 11.8 Å². The fraction of sp³-hybridized carbons (Fsp3) is 0.417. The van der Waals surface area contributed by atoms with Crippen molar-refractivity contribution in [1.29, 1.82) is 0 Å². The predicted octanol–water partition coefficient (Wildman–Crippen LogP) is 5.60. The van der Waals surface area contributed by atoms with Crippen LogP contribution in [0.3, 0.4) is 0 Å². The van der Waals surface area contributed by atoms with Crippen molar-refractivity contribution < 1.29 is 32.2 Å². The van der Waals surface area contributed by atoms with Gasteiger partial charge >= 0.3 is 6.18 Å². The summed E-state index contributed by atoms with van der Waals surface area (Å²) in [5.41, 5.74) is -0.710. The number of amides is 2. The zero-order chi connectivity index (χ0) is 25.0. The largest absolute Gasteiger partial charge is 0.493 e. The molecule has 1 heterocycles. The van der Waals surface area contributed by atoms with Crippen molar-refractivity contribution >= 4 is 35.0 Å². The van der Waals surface area contributed by atoms with E-state index in [1.54, 1.807) is 24.3 Å². The van der Waals surface area contributed by atoms with E-state index in [4.69, 9.17) is 9.47 Å². The van der Waals surface area contributed by atoms with Gasteiger partial charge in [0.05, 0.1) is 31.4 Å². The van der Waals surface area contributed by atoms with Crippen LogP contribution in [0.2, 0.25) is 0 Å². The summed E-state index contributed by atoms with van der Waals surface area (Å²) in [6.45, 7) is 3.95. The highest BCUT2D eigenvalue weighted by Crippen LogP contribution is 2.39. The number of hydrogen-bond donors (Lipinski definition) is 1. The summed E-state index contributed by atoms with van der Waals surface area (Å²) in [5, 5.41) is 2.56. The third-order valence-electron chi connectivity index (χ3n) is 5.64. The number of thioether (sulfide) groups is 1. The first-order valence-corrected chi connectivity index (χ1v) is 11.7. The van der Waals surface area contributed by atoms with Gasteiger partial charge in [-0.05, 0) is 36.8 Å². The molecule has 34 heavy (non-hydrogen) atoms. The lowest BCUT2D eigenvalue weighted by molar-refractivity contribution is -0.137. The Morgan fingerprint density at radius 2 is 1.88 bits per heavy atom. The Labute approximate surface area is 200 Å². The van der Waals surface area contributed by atoms with Gasteiger partial charge in [-0.15, -0.1) is 11.8 Å². The lowest BCUT2D eigenvalue weighted by Crippen LogP contribution is -2.28. The second-order valence-corrected chi connectivity index (χ2v) is 9.49. The smallest absolute Gasteiger partial charge is 0.418 e. The van der Waals surface area contributed by atoms with Crippen molar-refractivity contribution in [1.82, 2.24) is 0 Å². The Kier molecular flexibility index (Phi) is 8.01. The number of nitrogens with zero attached hydrogens (tertiary/aromatic N) is 1. The monoisotopic (exact) mass is 496 g/mol. The van der Waals surface area contributed by atoms with Crippen molar-refractivity contribution in [3.8, 4) is 11.5 Å². The van der Waals surface area contributed by atoms with Gasteiger partial charge < -0.3 is 19.7 Å². The maximum absolute atomic E-state index is 13.7. The molecule has 2 amide bonds. The average molecular weight is 497 g/mol. The number of halogens is 3. The Morgan fingerprint density at radius 1 is 1.18 bits per heavy atom. The van der Waals surface area contributed by atoms with Crippen LogP contribution in [0.15, 0.2) is 41.3 Å². The number of nitrogens with one attached hydrogen (secondary N) is 1. The minimum Gasteiger partial charge on any atom is -0.493 e. The molecule has 1 saturated heterocycles. The first kappa shape index (κ1) is 25.7. The molecule has 2 atom stereocenters. The van der Waals surface area contributed by atoms with Crippen molar-refractivity contribution in [2.24, 2.45) is 5.92 Å². The molecular weight excluding hydrogens is 469 g/mol. The molecule has 3 rings (SSSR count). The van der Waals surface area contributed by atoms with Crippen molar-refractivity contribution in [2.75, 3.05) is 31.0 Å². The van der Waals surface area contributed by atoms with Crippen molar-refractivity contribution in [3.05, 3.63) is 42.0 Å². The third kappa shape index (κ3) is 5.78. The van der Waals surface area contributed by atoms with Gasteiger partial charge in [0.25, 0.3) is 0 Å². The number of hydrogen-bond acceptors (Lipinski definition) is 5. The highest BCUT2D eigenvalue weighted by Gasteiger charge is 2.38. The standard InChI is InChI=1S/C24H27F3N2O4S/c1-5-14(2)34-17-7-8-19(18(12-17)24(25,26)27)28-23(31)15-10-22(30)29(13-15)16-6-9-20(32-3)21(11-16)33-4/h6-9,11-12,14-15H,5,10,13H2,1-4H3,(H,28,31). The number of methoxy groups -OCH3 is 2. The van der Waals surface area contributed by atoms with Crippen LogP contribution in [0.25, 0.3) is 0 Å². The van der Waals surface area contributed by atoms with E-state index >= 15 is 0 Å². The van der Waals surface area contributed by atoms with E-state index in [-0.39, 0.29) is 29.8 Å². The molecule has 1 N–H and O–H groups in total. The fourth-order valence-corrected chi connectivity index (χ4v) is 4.58. The van der Waals surface area contributed by atoms with E-state index < -0.39 is 23.6 Å². The number of carbonyl (C=O) groups excluding carboxylic acids is 2. The summed E-state index contributed by atoms with van der Waals surface area (Å²) in [7, 11) is 2.96. The molecule has 6 nitrogen and oxygen atoms in total. The normalized spacial score (nSPS) is 17.0. The Hall–Kier alpha value is -2.88. The summed E-state index contributed by atoms with van der Waals surface area (Å²) in [6, 6.07) is 8.82. The first-order valence-electron chi connectivity index (χ1n) is 10.8. The Morgan fingerprint density at radius 3 is 2.50 bits per heavy atom. The van der Waals surface area contributed by atoms with Gasteiger partial charge in [0.15, 0.2) is 11.5 Å². The molecule has 1 aliphatic heterocycles. The number of anilines is 2. The molecule has 2 aromatic carbocycles. The third-order valence-corrected chi connectivity index (χ3v) is 6.90. The van der Waals surface area contributed by atoms with Gasteiger partial charge in [0.1, 0.15) is 0 Å². The van der Waals surface area contributed by atoms with Crippen LogP contribution in [0.5, 0.6) is 11.5 Å². The highest BCUT2D eigenvalue weighted by atomic mass is 32.2. The van der Waals surface area contributed by atoms with Crippen LogP contribution < -0.4 is 19.7 Å². The summed E-state index contributed by atoms with van der Waals surface area (Å²) < 4.78 is 51.6. The lowest BCUT2D eigenvalue weighted by atomic mass is 10.1. The fourth-order valence-electron chi connectivity index (χ4n) is 3.62. The summed E-state index contributed by atoms with van der Waals surface area (Å²) in [6.07, 6.45) is -3.92. The Balaban J connectivity index is 1.78. The molecule has 184 valence electrons. The molecule has 0 saturated carbocycles. The van der Waals surface area contributed by atoms with Gasteiger partial charge in [-0.3, -0.25) is 9.59 Å². The molecule has 0 aromatic heterocycles. The molecule has 10 heteroatoms. The van der Waals surface area contributed by atoms with E-state index in [2.05, 4.69) is 5.32 Å². The minimum absolute atomic E-state index is 0.0451. The van der Waals surface area contributed by atoms with Crippen LogP contribution >= 0.6 is 11.8 Å². The van der Waals surface area contributed by atoms with Gasteiger partial charge in [0, 0.05) is 34.9 Å². The lowest BCUT2D eigenvalue weighted by Gasteiger charge is -2.19. The van der Waals surface area contributed by atoms with Crippen LogP contribution in [0.1, 0.15) is 32.3 Å². The summed E-state index contributed by atoms with van der Waals surface area (Å²) >= 11 is 1.35. The average Bonchev–Trinajstić information content (AvgIpc) is 3.20. The highest BCUT2D eigenvalue weighted by molar-refractivity contribution is 7.99. The number of ether oxygens (including phenoxy) is 2. The summed E-state index contributed by atoms with van der Waals surface area (Å²) in [5.74, 6) is -0.823. The predicted molar refractivity (Wildman–Crippen MR) is 126 cm³/mol. The second-order valence-electron chi connectivity index (χ2n) is 7.98. The molecule has 0 bridgehead atoms. The van der Waals surface area contributed by atoms with Crippen LogP contribution in [-0.4, -0.2) is 37.8 Å². The van der Waals surface area contributed by atoms with Gasteiger partial charge in [-0.2, -0.15) is 13.2 Å². The zero-order valence-electron chi connectivity index (χ0n) is 19.4. The van der Waals surface area contributed by atoms with E-state index in [1.165, 1.54) is 36.9 Å². The Bertz CT molecular complexity index is 1060. The minimum atomic E-state index is -4.63. The van der Waals surface area contributed by atoms with E-state index in [1.807, 2.05) is 13.8 Å². The van der Waals surface area contributed by atoms with Gasteiger partial charge in [-0.1, -0.05) is 13.8 Å². The van der Waals surface area contributed by atoms with E-state index in [9.17, 15) is 22.8 Å². The van der Waals surface area contributed by atoms with Crippen molar-refractivity contribution in [3.63, 3.8) is 0 Å². The van der Waals surface area contributed by atoms with Crippen LogP contribution in [0.4, 0.5) is 24.5 Å². The molecule has 0 aliphatic carbocycles. The van der Waals surface area contributed by atoms with E-state index in [0.29, 0.717) is 22.1 Å². The maximum Gasteiger partial charge on any atom is 0.418 e. The van der Waals surface area contributed by atoms with Crippen LogP contribution in [-0.2, 0) is 15.8 Å². The first-order chi connectivity index (χ1) is 16.1. The zero-order valence-corrected chi connectivity index (χ0v) is 20.2. The van der Waals surface area contributed by atoms with Gasteiger partial charge in [-0.25, -0.2) is 0 Å². The molecule has 2 aromatic rings. The number of carbonyl (C=O) groups is 2. The topological polar surface area (TPSA) is 67.9 Å². The molecular formula is C24H27F3N2O4S. The number of benzene rings is 2. The molecule has 0 spiro atoms. The van der Waals surface area contributed by atoms with Crippen LogP contribution in [0, 0.1) is 5.92 Å². The SMILES string of the molecule is CCC(C)Sc1ccc(NC(=O)C2CC(=O)N(c3ccc(OC)c(OC)c3)C2)c(C(F)(F)F)c1. The molecule has 1 fully saturated rings. The van der Waals surface area contributed by atoms with Crippen molar-refractivity contribution in [2.45, 2.75) is 43.0 Å². The molecule has 0 radical (unpaired) electrons. The number of rotatable bonds is 8. The molecule has 2 unspecified atom stereocenters. The van der Waals surface area contributed by atoms with E-state index in [0.717, 1.165) is 12.5 Å². The maximum atomic E-state index is 13.7. The number of alkyl halides is 3. The molecule has 1 aliphatic rings. The second kappa shape index (κ2) is 10.6. The summed E-state index contributed by atoms with van der Waals surface area (Å²) in [4.78, 5) is 27.3. The quantitative estimate of drug-likeness (QED) is 0.482.